The van der Waals surface area contributed by atoms with Crippen LogP contribution in [0.5, 0.6) is 5.75 Å². The van der Waals surface area contributed by atoms with Crippen LogP contribution in [0.1, 0.15) is 35.6 Å². The van der Waals surface area contributed by atoms with E-state index in [1.54, 1.807) is 6.07 Å². The summed E-state index contributed by atoms with van der Waals surface area (Å²) in [6.07, 6.45) is 0.912. The summed E-state index contributed by atoms with van der Waals surface area (Å²) in [4.78, 5) is 28.4. The molecule has 0 radical (unpaired) electrons. The fourth-order valence-electron chi connectivity index (χ4n) is 4.04. The van der Waals surface area contributed by atoms with Crippen molar-refractivity contribution in [2.75, 3.05) is 16.8 Å². The highest BCUT2D eigenvalue weighted by molar-refractivity contribution is 6.46. The second-order valence-electron chi connectivity index (χ2n) is 8.41. The first-order valence-electron chi connectivity index (χ1n) is 11.2. The van der Waals surface area contributed by atoms with Crippen LogP contribution in [0.15, 0.2) is 72.4 Å². The zero-order chi connectivity index (χ0) is 23.5. The van der Waals surface area contributed by atoms with Gasteiger partial charge in [0.25, 0.3) is 11.8 Å². The van der Waals surface area contributed by atoms with Crippen molar-refractivity contribution in [2.45, 2.75) is 34.1 Å². The Morgan fingerprint density at radius 1 is 0.818 bits per heavy atom. The van der Waals surface area contributed by atoms with Crippen molar-refractivity contribution in [3.63, 3.8) is 0 Å². The number of ether oxygens (including phenoxy) is 1. The molecule has 1 heterocycles. The number of nitrogens with one attached hydrogen (secondary N) is 1. The second-order valence-corrected chi connectivity index (χ2v) is 8.41. The number of hydrogen-bond donors (Lipinski definition) is 1. The molecular weight excluding hydrogens is 412 g/mol. The predicted molar refractivity (Wildman–Crippen MR) is 132 cm³/mol. The molecule has 33 heavy (non-hydrogen) atoms. The summed E-state index contributed by atoms with van der Waals surface area (Å²) >= 11 is 0. The van der Waals surface area contributed by atoms with E-state index >= 15 is 0 Å². The number of nitrogens with zero attached hydrogens (tertiary/aromatic N) is 1. The third kappa shape index (κ3) is 4.67. The Balaban J connectivity index is 1.78. The molecular formula is C28H28N2O3. The van der Waals surface area contributed by atoms with Crippen molar-refractivity contribution in [3.8, 4) is 5.75 Å². The molecule has 0 bridgehead atoms. The number of hydrogen-bond acceptors (Lipinski definition) is 4. The Morgan fingerprint density at radius 3 is 2.15 bits per heavy atom. The lowest BCUT2D eigenvalue weighted by atomic mass is 10.0. The number of aryl methyl sites for hydroxylation is 3. The standard InChI is InChI=1S/C28H28N2O3/c1-5-13-33-24-11-9-21(10-12-24)25-26(29-22-15-19(3)14-20(4)16-22)28(32)30(27(25)31)23-8-6-7-18(2)17-23/h6-12,14-17,29H,5,13H2,1-4H3. The van der Waals surface area contributed by atoms with Crippen molar-refractivity contribution < 1.29 is 14.3 Å². The Hall–Kier alpha value is -3.86. The normalized spacial score (nSPS) is 13.6. The summed E-state index contributed by atoms with van der Waals surface area (Å²) in [5.74, 6) is 0.0168. The molecule has 168 valence electrons. The summed E-state index contributed by atoms with van der Waals surface area (Å²) in [7, 11) is 0. The molecule has 5 nitrogen and oxygen atoms in total. The van der Waals surface area contributed by atoms with Crippen molar-refractivity contribution >= 4 is 28.8 Å². The SMILES string of the molecule is CCCOc1ccc(C2=C(Nc3cc(C)cc(C)c3)C(=O)N(c3cccc(C)c3)C2=O)cc1. The lowest BCUT2D eigenvalue weighted by molar-refractivity contribution is -0.120. The molecule has 1 N–H and O–H groups in total. The molecule has 1 aliphatic heterocycles. The zero-order valence-electron chi connectivity index (χ0n) is 19.4. The number of amides is 2. The average Bonchev–Trinajstić information content (AvgIpc) is 3.01. The van der Waals surface area contributed by atoms with Gasteiger partial charge in [-0.2, -0.15) is 0 Å². The van der Waals surface area contributed by atoms with E-state index in [9.17, 15) is 9.59 Å². The highest BCUT2D eigenvalue weighted by atomic mass is 16.5. The maximum absolute atomic E-state index is 13.6. The minimum absolute atomic E-state index is 0.272. The molecule has 0 unspecified atom stereocenters. The highest BCUT2D eigenvalue weighted by Gasteiger charge is 2.40. The minimum atomic E-state index is -0.369. The van der Waals surface area contributed by atoms with Crippen LogP contribution in [-0.2, 0) is 9.59 Å². The third-order valence-corrected chi connectivity index (χ3v) is 5.45. The first-order valence-corrected chi connectivity index (χ1v) is 11.2. The van der Waals surface area contributed by atoms with Gasteiger partial charge in [-0.25, -0.2) is 4.90 Å². The van der Waals surface area contributed by atoms with Gasteiger partial charge in [0.15, 0.2) is 0 Å². The van der Waals surface area contributed by atoms with Crippen LogP contribution in [0.4, 0.5) is 11.4 Å². The number of carbonyl (C=O) groups excluding carboxylic acids is 2. The van der Waals surface area contributed by atoms with Gasteiger partial charge in [-0.3, -0.25) is 9.59 Å². The molecule has 0 atom stereocenters. The summed E-state index contributed by atoms with van der Waals surface area (Å²) < 4.78 is 5.68. The maximum atomic E-state index is 13.6. The highest BCUT2D eigenvalue weighted by Crippen LogP contribution is 2.35. The predicted octanol–water partition coefficient (Wildman–Crippen LogP) is 5.80. The first kappa shape index (κ1) is 22.3. The largest absolute Gasteiger partial charge is 0.494 e. The Kier molecular flexibility index (Phi) is 6.31. The van der Waals surface area contributed by atoms with Gasteiger partial charge in [-0.1, -0.05) is 37.3 Å². The molecule has 0 saturated heterocycles. The average molecular weight is 441 g/mol. The van der Waals surface area contributed by atoms with Gasteiger partial charge >= 0.3 is 0 Å². The summed E-state index contributed by atoms with van der Waals surface area (Å²) in [5, 5.41) is 3.25. The monoisotopic (exact) mass is 440 g/mol. The van der Waals surface area contributed by atoms with Crippen molar-refractivity contribution in [1.29, 1.82) is 0 Å². The molecule has 3 aromatic carbocycles. The topological polar surface area (TPSA) is 58.6 Å². The molecule has 5 heteroatoms. The maximum Gasteiger partial charge on any atom is 0.282 e. The van der Waals surface area contributed by atoms with Gasteiger partial charge in [0.2, 0.25) is 0 Å². The van der Waals surface area contributed by atoms with E-state index in [-0.39, 0.29) is 17.5 Å². The fourth-order valence-corrected chi connectivity index (χ4v) is 4.04. The van der Waals surface area contributed by atoms with E-state index in [0.29, 0.717) is 23.4 Å². The molecule has 2 amide bonds. The van der Waals surface area contributed by atoms with Crippen LogP contribution in [0.3, 0.4) is 0 Å². The second kappa shape index (κ2) is 9.33. The van der Waals surface area contributed by atoms with Crippen molar-refractivity contribution in [2.24, 2.45) is 0 Å². The summed E-state index contributed by atoms with van der Waals surface area (Å²) in [5.41, 5.74) is 5.74. The first-order chi connectivity index (χ1) is 15.9. The van der Waals surface area contributed by atoms with Crippen LogP contribution < -0.4 is 15.0 Å². The number of imide groups is 1. The fraction of sp³-hybridized carbons (Fsp3) is 0.214. The molecule has 1 aliphatic rings. The lowest BCUT2D eigenvalue weighted by Crippen LogP contribution is -2.32. The molecule has 0 fully saturated rings. The summed E-state index contributed by atoms with van der Waals surface area (Å²) in [6.45, 7) is 8.62. The zero-order valence-corrected chi connectivity index (χ0v) is 19.4. The van der Waals surface area contributed by atoms with E-state index in [2.05, 4.69) is 11.4 Å². The Labute approximate surface area is 194 Å². The Bertz CT molecular complexity index is 1220. The molecule has 3 aromatic rings. The van der Waals surface area contributed by atoms with Gasteiger partial charge in [-0.05, 0) is 85.8 Å². The van der Waals surface area contributed by atoms with Gasteiger partial charge in [0.05, 0.1) is 17.9 Å². The molecule has 0 saturated carbocycles. The van der Waals surface area contributed by atoms with Crippen molar-refractivity contribution in [1.82, 2.24) is 0 Å². The molecule has 0 spiro atoms. The number of anilines is 2. The van der Waals surface area contributed by atoms with Gasteiger partial charge in [0, 0.05) is 5.69 Å². The van der Waals surface area contributed by atoms with E-state index in [4.69, 9.17) is 4.74 Å². The number of carbonyl (C=O) groups is 2. The summed E-state index contributed by atoms with van der Waals surface area (Å²) in [6, 6.07) is 20.7. The van der Waals surface area contributed by atoms with Crippen LogP contribution in [0.25, 0.3) is 5.57 Å². The molecule has 0 aromatic heterocycles. The van der Waals surface area contributed by atoms with Gasteiger partial charge in [0.1, 0.15) is 11.4 Å². The smallest absolute Gasteiger partial charge is 0.282 e. The molecule has 4 rings (SSSR count). The lowest BCUT2D eigenvalue weighted by Gasteiger charge is -2.16. The van der Waals surface area contributed by atoms with Crippen LogP contribution in [-0.4, -0.2) is 18.4 Å². The van der Waals surface area contributed by atoms with Gasteiger partial charge in [-0.15, -0.1) is 0 Å². The van der Waals surface area contributed by atoms with Crippen LogP contribution in [0.2, 0.25) is 0 Å². The van der Waals surface area contributed by atoms with Gasteiger partial charge < -0.3 is 10.1 Å². The van der Waals surface area contributed by atoms with Crippen molar-refractivity contribution in [3.05, 3.63) is 94.7 Å². The quantitative estimate of drug-likeness (QED) is 0.472. The van der Waals surface area contributed by atoms with E-state index < -0.39 is 0 Å². The minimum Gasteiger partial charge on any atom is -0.494 e. The van der Waals surface area contributed by atoms with Crippen LogP contribution in [0, 0.1) is 20.8 Å². The van der Waals surface area contributed by atoms with E-state index in [0.717, 1.165) is 34.5 Å². The number of rotatable bonds is 7. The number of benzene rings is 3. The van der Waals surface area contributed by atoms with Crippen LogP contribution >= 0.6 is 0 Å². The molecule has 0 aliphatic carbocycles. The third-order valence-electron chi connectivity index (χ3n) is 5.45. The Morgan fingerprint density at radius 2 is 1.52 bits per heavy atom. The van der Waals surface area contributed by atoms with E-state index in [1.807, 2.05) is 82.3 Å². The van der Waals surface area contributed by atoms with E-state index in [1.165, 1.54) is 4.90 Å².